The molecule has 1 aliphatic heterocycles. The first-order valence-corrected chi connectivity index (χ1v) is 6.91. The summed E-state index contributed by atoms with van der Waals surface area (Å²) in [6.45, 7) is 6.05. The number of nitrogens with zero attached hydrogens (tertiary/aromatic N) is 1. The molecule has 1 aromatic rings. The number of halogens is 1. The lowest BCUT2D eigenvalue weighted by Gasteiger charge is -2.37. The summed E-state index contributed by atoms with van der Waals surface area (Å²) in [4.78, 5) is 0. The maximum Gasteiger partial charge on any atom is 0.108 e. The fourth-order valence-corrected chi connectivity index (χ4v) is 2.71. The Balaban J connectivity index is 0.000000771. The summed E-state index contributed by atoms with van der Waals surface area (Å²) in [5.41, 5.74) is 1.82. The summed E-state index contributed by atoms with van der Waals surface area (Å²) < 4.78 is 6.07. The van der Waals surface area contributed by atoms with Crippen LogP contribution in [0.3, 0.4) is 0 Å². The highest BCUT2D eigenvalue weighted by molar-refractivity contribution is 9.10. The molecule has 3 nitrogen and oxygen atoms in total. The Bertz CT molecular complexity index is 436. The van der Waals surface area contributed by atoms with Crippen LogP contribution in [-0.4, -0.2) is 20.2 Å². The average molecular weight is 311 g/mol. The maximum atomic E-state index is 9.25. The molecule has 1 aromatic carbocycles. The largest absolute Gasteiger partial charge is 0.380 e. The molecule has 0 spiro atoms. The number of benzene rings is 1. The van der Waals surface area contributed by atoms with Gasteiger partial charge < -0.3 is 10.1 Å². The van der Waals surface area contributed by atoms with E-state index >= 15 is 0 Å². The van der Waals surface area contributed by atoms with Crippen molar-refractivity contribution in [3.63, 3.8) is 0 Å². The molecule has 2 rings (SSSR count). The second-order valence-corrected chi connectivity index (χ2v) is 4.90. The smallest absolute Gasteiger partial charge is 0.108 e. The van der Waals surface area contributed by atoms with Gasteiger partial charge in [-0.05, 0) is 17.2 Å². The molecule has 0 bridgehead atoms. The zero-order valence-electron chi connectivity index (χ0n) is 11.1. The van der Waals surface area contributed by atoms with Gasteiger partial charge >= 0.3 is 0 Å². The van der Waals surface area contributed by atoms with Gasteiger partial charge in [-0.1, -0.05) is 41.9 Å². The predicted molar refractivity (Wildman–Crippen MR) is 76.4 cm³/mol. The van der Waals surface area contributed by atoms with Crippen molar-refractivity contribution in [1.82, 2.24) is 5.32 Å². The van der Waals surface area contributed by atoms with E-state index in [0.29, 0.717) is 6.61 Å². The first-order chi connectivity index (χ1) is 8.72. The van der Waals surface area contributed by atoms with E-state index in [2.05, 4.69) is 27.3 Å². The zero-order valence-corrected chi connectivity index (χ0v) is 12.7. The fraction of sp³-hybridized carbons (Fsp3) is 0.500. The van der Waals surface area contributed by atoms with Crippen LogP contribution in [0.5, 0.6) is 0 Å². The van der Waals surface area contributed by atoms with Crippen LogP contribution >= 0.6 is 15.9 Å². The Morgan fingerprint density at radius 3 is 2.50 bits per heavy atom. The number of methoxy groups -OCH3 is 1. The molecule has 18 heavy (non-hydrogen) atoms. The Labute approximate surface area is 117 Å². The molecular weight excluding hydrogens is 292 g/mol. The molecule has 1 saturated heterocycles. The summed E-state index contributed by atoms with van der Waals surface area (Å²) in [5, 5.41) is 12.4. The SMILES string of the molecule is CC.COCc1ccc(C2(C#N)CNC2)c(Br)c1. The monoisotopic (exact) mass is 310 g/mol. The Morgan fingerprint density at radius 2 is 2.11 bits per heavy atom. The Morgan fingerprint density at radius 1 is 1.44 bits per heavy atom. The average Bonchev–Trinajstić information content (AvgIpc) is 2.34. The molecule has 1 N–H and O–H groups in total. The maximum absolute atomic E-state index is 9.25. The van der Waals surface area contributed by atoms with Crippen molar-refractivity contribution >= 4 is 15.9 Å². The molecule has 4 heteroatoms. The van der Waals surface area contributed by atoms with Crippen LogP contribution in [0, 0.1) is 11.3 Å². The highest BCUT2D eigenvalue weighted by atomic mass is 79.9. The van der Waals surface area contributed by atoms with E-state index in [1.54, 1.807) is 7.11 Å². The van der Waals surface area contributed by atoms with Crippen molar-refractivity contribution in [3.8, 4) is 6.07 Å². The van der Waals surface area contributed by atoms with Gasteiger partial charge in [0.05, 0.1) is 12.7 Å². The van der Waals surface area contributed by atoms with E-state index in [1.165, 1.54) is 0 Å². The third kappa shape index (κ3) is 2.92. The normalized spacial score (nSPS) is 15.9. The predicted octanol–water partition coefficient (Wildman–Crippen LogP) is 2.99. The lowest BCUT2D eigenvalue weighted by Crippen LogP contribution is -2.56. The first kappa shape index (κ1) is 15.2. The third-order valence-electron chi connectivity index (χ3n) is 2.93. The van der Waals surface area contributed by atoms with Crippen molar-refractivity contribution in [3.05, 3.63) is 33.8 Å². The van der Waals surface area contributed by atoms with Crippen molar-refractivity contribution in [2.45, 2.75) is 25.9 Å². The number of hydrogen-bond donors (Lipinski definition) is 1. The molecular formula is C14H19BrN2O. The van der Waals surface area contributed by atoms with Gasteiger partial charge in [0.1, 0.15) is 5.41 Å². The molecule has 0 saturated carbocycles. The molecule has 0 aliphatic carbocycles. The van der Waals surface area contributed by atoms with E-state index in [1.807, 2.05) is 32.0 Å². The topological polar surface area (TPSA) is 45.0 Å². The van der Waals surface area contributed by atoms with Gasteiger partial charge in [-0.2, -0.15) is 5.26 Å². The van der Waals surface area contributed by atoms with Gasteiger partial charge in [0.25, 0.3) is 0 Å². The van der Waals surface area contributed by atoms with Gasteiger partial charge in [0, 0.05) is 24.7 Å². The second kappa shape index (κ2) is 6.89. The van der Waals surface area contributed by atoms with Crippen LogP contribution in [0.2, 0.25) is 0 Å². The van der Waals surface area contributed by atoms with Gasteiger partial charge in [-0.15, -0.1) is 0 Å². The minimum absolute atomic E-state index is 0.357. The molecule has 1 fully saturated rings. The molecule has 0 amide bonds. The molecule has 98 valence electrons. The minimum Gasteiger partial charge on any atom is -0.380 e. The molecule has 1 heterocycles. The number of ether oxygens (including phenoxy) is 1. The summed E-state index contributed by atoms with van der Waals surface area (Å²) in [7, 11) is 1.68. The van der Waals surface area contributed by atoms with Gasteiger partial charge in [-0.25, -0.2) is 0 Å². The van der Waals surface area contributed by atoms with Crippen LogP contribution in [0.1, 0.15) is 25.0 Å². The van der Waals surface area contributed by atoms with Gasteiger partial charge in [0.2, 0.25) is 0 Å². The quantitative estimate of drug-likeness (QED) is 0.933. The summed E-state index contributed by atoms with van der Waals surface area (Å²) in [6.07, 6.45) is 0. The van der Waals surface area contributed by atoms with Crippen LogP contribution in [-0.2, 0) is 16.8 Å². The van der Waals surface area contributed by atoms with Crippen molar-refractivity contribution in [2.75, 3.05) is 20.2 Å². The highest BCUT2D eigenvalue weighted by Gasteiger charge is 2.40. The summed E-state index contributed by atoms with van der Waals surface area (Å²) in [5.74, 6) is 0. The van der Waals surface area contributed by atoms with Crippen LogP contribution in [0.4, 0.5) is 0 Å². The molecule has 1 aliphatic rings. The molecule has 0 atom stereocenters. The van der Waals surface area contributed by atoms with Crippen LogP contribution in [0.25, 0.3) is 0 Å². The molecule has 0 unspecified atom stereocenters. The second-order valence-electron chi connectivity index (χ2n) is 4.04. The summed E-state index contributed by atoms with van der Waals surface area (Å²) >= 11 is 3.53. The Kier molecular flexibility index (Phi) is 5.80. The minimum atomic E-state index is -0.357. The lowest BCUT2D eigenvalue weighted by atomic mass is 9.76. The van der Waals surface area contributed by atoms with Gasteiger partial charge in [-0.3, -0.25) is 0 Å². The summed E-state index contributed by atoms with van der Waals surface area (Å²) in [6, 6.07) is 8.46. The van der Waals surface area contributed by atoms with Crippen molar-refractivity contribution in [1.29, 1.82) is 5.26 Å². The fourth-order valence-electron chi connectivity index (χ4n) is 1.91. The number of hydrogen-bond acceptors (Lipinski definition) is 3. The number of nitrogens with one attached hydrogen (secondary N) is 1. The molecule has 0 radical (unpaired) electrons. The first-order valence-electron chi connectivity index (χ1n) is 6.12. The van der Waals surface area contributed by atoms with E-state index in [4.69, 9.17) is 4.74 Å². The standard InChI is InChI=1S/C12H13BrN2O.C2H6/c1-16-5-9-2-3-10(11(13)4-9)12(6-14)7-15-8-12;1-2/h2-4,15H,5,7-8H2,1H3;1-2H3. The third-order valence-corrected chi connectivity index (χ3v) is 3.58. The van der Waals surface area contributed by atoms with E-state index in [9.17, 15) is 5.26 Å². The van der Waals surface area contributed by atoms with Crippen molar-refractivity contribution < 1.29 is 4.74 Å². The lowest BCUT2D eigenvalue weighted by molar-refractivity contribution is 0.185. The Hall–Kier alpha value is -0.890. The van der Waals surface area contributed by atoms with E-state index in [-0.39, 0.29) is 5.41 Å². The van der Waals surface area contributed by atoms with E-state index < -0.39 is 0 Å². The molecule has 0 aromatic heterocycles. The number of rotatable bonds is 3. The zero-order chi connectivity index (χ0) is 13.6. The van der Waals surface area contributed by atoms with E-state index in [0.717, 1.165) is 28.7 Å². The van der Waals surface area contributed by atoms with Crippen LogP contribution in [0.15, 0.2) is 22.7 Å². The van der Waals surface area contributed by atoms with Crippen LogP contribution < -0.4 is 5.32 Å². The van der Waals surface area contributed by atoms with Crippen molar-refractivity contribution in [2.24, 2.45) is 0 Å². The van der Waals surface area contributed by atoms with Gasteiger partial charge in [0.15, 0.2) is 0 Å². The highest BCUT2D eigenvalue weighted by Crippen LogP contribution is 2.34. The number of nitriles is 1.